The first-order valence-corrected chi connectivity index (χ1v) is 6.03. The van der Waals surface area contributed by atoms with Crippen LogP contribution in [0.2, 0.25) is 0 Å². The maximum atomic E-state index is 12.7. The second kappa shape index (κ2) is 5.28. The molecule has 2 N–H and O–H groups in total. The zero-order valence-electron chi connectivity index (χ0n) is 10.0. The van der Waals surface area contributed by atoms with E-state index in [0.717, 1.165) is 5.56 Å². The molecule has 1 aliphatic heterocycles. The highest BCUT2D eigenvalue weighted by atomic mass is 19.4. The highest BCUT2D eigenvalue weighted by molar-refractivity contribution is 5.14. The molecule has 1 fully saturated rings. The number of hydrogen-bond donors (Lipinski definition) is 1. The predicted molar refractivity (Wildman–Crippen MR) is 63.9 cm³/mol. The van der Waals surface area contributed by atoms with E-state index >= 15 is 0 Å². The number of rotatable bonds is 2. The lowest BCUT2D eigenvalue weighted by Crippen LogP contribution is -2.50. The maximum absolute atomic E-state index is 12.7. The van der Waals surface area contributed by atoms with Crippen LogP contribution >= 0.6 is 0 Å². The molecule has 0 radical (unpaired) electrons. The zero-order chi connectivity index (χ0) is 13.2. The zero-order valence-corrected chi connectivity index (χ0v) is 10.0. The fourth-order valence-electron chi connectivity index (χ4n) is 2.44. The van der Waals surface area contributed by atoms with Gasteiger partial charge in [-0.2, -0.15) is 13.2 Å². The van der Waals surface area contributed by atoms with E-state index in [0.29, 0.717) is 13.1 Å². The Morgan fingerprint density at radius 2 is 1.83 bits per heavy atom. The average molecular weight is 258 g/mol. The summed E-state index contributed by atoms with van der Waals surface area (Å²) in [5.41, 5.74) is 6.75. The SMILES string of the molecule is N[C@H]1C[C@@H](C(F)(F)F)CN(Cc2ccccc2)C1. The molecule has 0 amide bonds. The number of alkyl halides is 3. The smallest absolute Gasteiger partial charge is 0.327 e. The van der Waals surface area contributed by atoms with Gasteiger partial charge in [0.2, 0.25) is 0 Å². The van der Waals surface area contributed by atoms with Crippen molar-refractivity contribution < 1.29 is 13.2 Å². The van der Waals surface area contributed by atoms with Crippen molar-refractivity contribution in [3.05, 3.63) is 35.9 Å². The molecular formula is C13H17F3N2. The van der Waals surface area contributed by atoms with Crippen molar-refractivity contribution in [3.8, 4) is 0 Å². The normalized spacial score (nSPS) is 26.2. The minimum atomic E-state index is -4.15. The van der Waals surface area contributed by atoms with Gasteiger partial charge in [0.05, 0.1) is 5.92 Å². The topological polar surface area (TPSA) is 29.3 Å². The van der Waals surface area contributed by atoms with Gasteiger partial charge in [-0.1, -0.05) is 30.3 Å². The average Bonchev–Trinajstić information content (AvgIpc) is 2.28. The van der Waals surface area contributed by atoms with Gasteiger partial charge in [0.25, 0.3) is 0 Å². The number of likely N-dealkylation sites (tertiary alicyclic amines) is 1. The number of benzene rings is 1. The van der Waals surface area contributed by atoms with Crippen molar-refractivity contribution in [2.45, 2.75) is 25.2 Å². The van der Waals surface area contributed by atoms with Gasteiger partial charge in [0.1, 0.15) is 0 Å². The third kappa shape index (κ3) is 3.46. The van der Waals surface area contributed by atoms with Crippen LogP contribution in [0, 0.1) is 5.92 Å². The molecular weight excluding hydrogens is 241 g/mol. The number of nitrogens with zero attached hydrogens (tertiary/aromatic N) is 1. The number of halogens is 3. The molecule has 0 aromatic heterocycles. The second-order valence-corrected chi connectivity index (χ2v) is 4.91. The first-order valence-electron chi connectivity index (χ1n) is 6.03. The quantitative estimate of drug-likeness (QED) is 0.882. The Morgan fingerprint density at radius 1 is 1.17 bits per heavy atom. The van der Waals surface area contributed by atoms with Crippen LogP contribution in [0.15, 0.2) is 30.3 Å². The van der Waals surface area contributed by atoms with Crippen LogP contribution in [-0.4, -0.2) is 30.2 Å². The molecule has 0 spiro atoms. The molecule has 18 heavy (non-hydrogen) atoms. The highest BCUT2D eigenvalue weighted by Crippen LogP contribution is 2.33. The monoisotopic (exact) mass is 258 g/mol. The molecule has 0 aliphatic carbocycles. The van der Waals surface area contributed by atoms with Gasteiger partial charge >= 0.3 is 6.18 Å². The summed E-state index contributed by atoms with van der Waals surface area (Å²) >= 11 is 0. The number of nitrogens with two attached hydrogens (primary N) is 1. The van der Waals surface area contributed by atoms with Crippen LogP contribution < -0.4 is 5.73 Å². The van der Waals surface area contributed by atoms with E-state index in [4.69, 9.17) is 5.73 Å². The summed E-state index contributed by atoms with van der Waals surface area (Å²) in [5, 5.41) is 0. The van der Waals surface area contributed by atoms with Crippen LogP contribution in [0.4, 0.5) is 13.2 Å². The van der Waals surface area contributed by atoms with Crippen molar-refractivity contribution in [2.75, 3.05) is 13.1 Å². The van der Waals surface area contributed by atoms with Crippen LogP contribution in [0.3, 0.4) is 0 Å². The van der Waals surface area contributed by atoms with E-state index in [1.807, 2.05) is 30.3 Å². The number of piperidine rings is 1. The molecule has 5 heteroatoms. The predicted octanol–water partition coefficient (Wildman–Crippen LogP) is 2.40. The molecule has 1 aromatic carbocycles. The van der Waals surface area contributed by atoms with E-state index in [-0.39, 0.29) is 13.0 Å². The van der Waals surface area contributed by atoms with E-state index < -0.39 is 18.1 Å². The van der Waals surface area contributed by atoms with E-state index in [2.05, 4.69) is 0 Å². The lowest BCUT2D eigenvalue weighted by Gasteiger charge is -2.37. The molecule has 0 bridgehead atoms. The Bertz CT molecular complexity index is 378. The minimum absolute atomic E-state index is 0.0365. The maximum Gasteiger partial charge on any atom is 0.393 e. The molecule has 1 aliphatic rings. The Morgan fingerprint density at radius 3 is 2.44 bits per heavy atom. The Balaban J connectivity index is 2.01. The van der Waals surface area contributed by atoms with Crippen molar-refractivity contribution in [2.24, 2.45) is 11.7 Å². The Kier molecular flexibility index (Phi) is 3.92. The van der Waals surface area contributed by atoms with Crippen LogP contribution in [-0.2, 0) is 6.54 Å². The van der Waals surface area contributed by atoms with Gasteiger partial charge in [-0.05, 0) is 12.0 Å². The summed E-state index contributed by atoms with van der Waals surface area (Å²) in [7, 11) is 0. The third-order valence-corrected chi connectivity index (χ3v) is 3.27. The van der Waals surface area contributed by atoms with E-state index in [1.54, 1.807) is 4.90 Å². The van der Waals surface area contributed by atoms with Gasteiger partial charge in [-0.3, -0.25) is 4.90 Å². The van der Waals surface area contributed by atoms with Crippen LogP contribution in [0.1, 0.15) is 12.0 Å². The van der Waals surface area contributed by atoms with Gasteiger partial charge in [-0.25, -0.2) is 0 Å². The van der Waals surface area contributed by atoms with Gasteiger partial charge in [0, 0.05) is 25.7 Å². The number of hydrogen-bond acceptors (Lipinski definition) is 2. The first-order chi connectivity index (χ1) is 8.45. The second-order valence-electron chi connectivity index (χ2n) is 4.91. The summed E-state index contributed by atoms with van der Waals surface area (Å²) in [6.45, 7) is 1.11. The third-order valence-electron chi connectivity index (χ3n) is 3.27. The van der Waals surface area contributed by atoms with Crippen molar-refractivity contribution in [1.29, 1.82) is 0 Å². The van der Waals surface area contributed by atoms with Gasteiger partial charge in [-0.15, -0.1) is 0 Å². The standard InChI is InChI=1S/C13H17F3N2/c14-13(15,16)11-6-12(17)9-18(8-11)7-10-4-2-1-3-5-10/h1-5,11-12H,6-9,17H2/t11-,12+/m1/s1. The molecule has 2 nitrogen and oxygen atoms in total. The fraction of sp³-hybridized carbons (Fsp3) is 0.538. The van der Waals surface area contributed by atoms with Crippen molar-refractivity contribution in [1.82, 2.24) is 4.90 Å². The molecule has 2 rings (SSSR count). The first kappa shape index (κ1) is 13.4. The summed E-state index contributed by atoms with van der Waals surface area (Å²) in [6.07, 6.45) is -4.11. The molecule has 2 atom stereocenters. The molecule has 1 heterocycles. The summed E-state index contributed by atoms with van der Waals surface area (Å²) < 4.78 is 38.2. The minimum Gasteiger partial charge on any atom is -0.327 e. The molecule has 0 unspecified atom stereocenters. The van der Waals surface area contributed by atoms with E-state index in [1.165, 1.54) is 0 Å². The summed E-state index contributed by atoms with van der Waals surface area (Å²) in [6, 6.07) is 9.12. The largest absolute Gasteiger partial charge is 0.393 e. The summed E-state index contributed by atoms with van der Waals surface area (Å²) in [4.78, 5) is 1.79. The van der Waals surface area contributed by atoms with Gasteiger partial charge in [0.15, 0.2) is 0 Å². The van der Waals surface area contributed by atoms with Gasteiger partial charge < -0.3 is 5.73 Å². The Labute approximate surface area is 105 Å². The molecule has 0 saturated carbocycles. The fourth-order valence-corrected chi connectivity index (χ4v) is 2.44. The van der Waals surface area contributed by atoms with Crippen LogP contribution in [0.25, 0.3) is 0 Å². The van der Waals surface area contributed by atoms with Crippen molar-refractivity contribution in [3.63, 3.8) is 0 Å². The highest BCUT2D eigenvalue weighted by Gasteiger charge is 2.43. The molecule has 1 saturated heterocycles. The van der Waals surface area contributed by atoms with Crippen molar-refractivity contribution >= 4 is 0 Å². The van der Waals surface area contributed by atoms with E-state index in [9.17, 15) is 13.2 Å². The van der Waals surface area contributed by atoms with Crippen LogP contribution in [0.5, 0.6) is 0 Å². The molecule has 1 aromatic rings. The Hall–Kier alpha value is -1.07. The lowest BCUT2D eigenvalue weighted by atomic mass is 9.94. The molecule has 100 valence electrons. The summed E-state index contributed by atoms with van der Waals surface area (Å²) in [5.74, 6) is -1.30. The lowest BCUT2D eigenvalue weighted by molar-refractivity contribution is -0.188.